The van der Waals surface area contributed by atoms with Crippen LogP contribution in [0.5, 0.6) is 0 Å². The zero-order valence-electron chi connectivity index (χ0n) is 30.9. The predicted molar refractivity (Wildman–Crippen MR) is 203 cm³/mol. The Hall–Kier alpha value is -5.12. The van der Waals surface area contributed by atoms with E-state index < -0.39 is 11.2 Å². The van der Waals surface area contributed by atoms with E-state index in [1.54, 1.807) is 9.80 Å². The first kappa shape index (κ1) is 35.7. The Morgan fingerprint density at radius 2 is 1.51 bits per heavy atom. The fourth-order valence-corrected chi connectivity index (χ4v) is 6.70. The molecule has 0 radical (unpaired) electrons. The van der Waals surface area contributed by atoms with Crippen LogP contribution in [0.4, 0.5) is 9.59 Å². The lowest BCUT2D eigenvalue weighted by Gasteiger charge is -2.27. The zero-order valence-corrected chi connectivity index (χ0v) is 30.9. The van der Waals surface area contributed by atoms with Gasteiger partial charge < -0.3 is 19.4 Å². The Bertz CT molecular complexity index is 1990. The van der Waals surface area contributed by atoms with Gasteiger partial charge in [0.05, 0.1) is 28.8 Å². The monoisotopic (exact) mass is 690 g/mol. The summed E-state index contributed by atoms with van der Waals surface area (Å²) in [5.41, 5.74) is 6.66. The molecule has 2 aromatic heterocycles. The Morgan fingerprint density at radius 3 is 2.14 bits per heavy atom. The third-order valence-corrected chi connectivity index (χ3v) is 9.04. The number of nitrogens with one attached hydrogen (secondary N) is 2. The molecular weight excluding hydrogens is 640 g/mol. The molecule has 10 heteroatoms. The van der Waals surface area contributed by atoms with Crippen LogP contribution in [0.1, 0.15) is 115 Å². The molecule has 2 aromatic carbocycles. The number of nitrogens with zero attached hydrogens (tertiary/aromatic N) is 4. The van der Waals surface area contributed by atoms with Crippen molar-refractivity contribution in [2.75, 3.05) is 13.1 Å². The van der Waals surface area contributed by atoms with Gasteiger partial charge >= 0.3 is 12.2 Å². The number of imidazole rings is 2. The Morgan fingerprint density at radius 1 is 0.863 bits per heavy atom. The summed E-state index contributed by atoms with van der Waals surface area (Å²) in [5, 5.41) is 0. The molecule has 4 heterocycles. The molecule has 4 aromatic rings. The first-order chi connectivity index (χ1) is 24.2. The van der Waals surface area contributed by atoms with Gasteiger partial charge in [-0.15, -0.1) is 0 Å². The highest BCUT2D eigenvalue weighted by molar-refractivity contribution is 5.79. The van der Waals surface area contributed by atoms with Crippen LogP contribution in [0, 0.1) is 0 Å². The molecule has 0 unspecified atom stereocenters. The third kappa shape index (κ3) is 8.44. The molecule has 2 N–H and O–H groups in total. The second kappa shape index (κ2) is 14.2. The number of likely N-dealkylation sites (tertiary alicyclic amines) is 2. The number of carbonyl (C=O) groups is 2. The minimum Gasteiger partial charge on any atom is -0.444 e. The number of rotatable bonds is 7. The molecule has 0 spiro atoms. The van der Waals surface area contributed by atoms with Crippen molar-refractivity contribution in [2.45, 2.75) is 97.4 Å². The molecule has 0 bridgehead atoms. The molecule has 0 saturated carbocycles. The Labute approximate surface area is 300 Å². The van der Waals surface area contributed by atoms with Crippen LogP contribution in [0.15, 0.2) is 60.8 Å². The molecular formula is C41H50N6O4. The molecule has 2 amide bonds. The Kier molecular flexibility index (Phi) is 9.97. The molecule has 2 saturated heterocycles. The van der Waals surface area contributed by atoms with Gasteiger partial charge in [-0.25, -0.2) is 19.6 Å². The largest absolute Gasteiger partial charge is 0.444 e. The van der Waals surface area contributed by atoms with Crippen molar-refractivity contribution in [2.24, 2.45) is 0 Å². The lowest BCUT2D eigenvalue weighted by molar-refractivity contribution is 0.0208. The highest BCUT2D eigenvalue weighted by Crippen LogP contribution is 2.35. The highest BCUT2D eigenvalue weighted by atomic mass is 16.6. The number of hydrogen-bond acceptors (Lipinski definition) is 6. The van der Waals surface area contributed by atoms with Crippen LogP contribution in [0.3, 0.4) is 0 Å². The summed E-state index contributed by atoms with van der Waals surface area (Å²) in [6.45, 7) is 18.8. The molecule has 2 fully saturated rings. The fourth-order valence-electron chi connectivity index (χ4n) is 6.70. The highest BCUT2D eigenvalue weighted by Gasteiger charge is 2.36. The predicted octanol–water partition coefficient (Wildman–Crippen LogP) is 9.86. The van der Waals surface area contributed by atoms with E-state index in [9.17, 15) is 9.59 Å². The van der Waals surface area contributed by atoms with Crippen molar-refractivity contribution < 1.29 is 19.1 Å². The number of ether oxygens (including phenoxy) is 2. The molecule has 268 valence electrons. The van der Waals surface area contributed by atoms with Crippen LogP contribution in [-0.2, 0) is 9.47 Å². The number of benzene rings is 2. The van der Waals surface area contributed by atoms with Gasteiger partial charge in [-0.3, -0.25) is 9.80 Å². The first-order valence-electron chi connectivity index (χ1n) is 17.8. The number of aromatic amines is 2. The molecule has 6 rings (SSSR count). The van der Waals surface area contributed by atoms with Gasteiger partial charge in [-0.1, -0.05) is 54.7 Å². The minimum absolute atomic E-state index is 0.126. The maximum absolute atomic E-state index is 12.8. The summed E-state index contributed by atoms with van der Waals surface area (Å²) in [4.78, 5) is 45.8. The maximum Gasteiger partial charge on any atom is 0.410 e. The van der Waals surface area contributed by atoms with Crippen LogP contribution in [0.25, 0.3) is 40.5 Å². The number of aromatic nitrogens is 4. The van der Waals surface area contributed by atoms with E-state index in [0.29, 0.717) is 13.1 Å². The van der Waals surface area contributed by atoms with Crippen molar-refractivity contribution in [1.29, 1.82) is 0 Å². The number of hydrogen-bond donors (Lipinski definition) is 2. The molecule has 2 aliphatic rings. The lowest BCUT2D eigenvalue weighted by atomic mass is 10.0. The first-order valence-corrected chi connectivity index (χ1v) is 17.8. The second-order valence-electron chi connectivity index (χ2n) is 15.5. The van der Waals surface area contributed by atoms with Gasteiger partial charge in [0.25, 0.3) is 0 Å². The van der Waals surface area contributed by atoms with E-state index in [-0.39, 0.29) is 24.3 Å². The quantitative estimate of drug-likeness (QED) is 0.187. The number of H-pyrrole nitrogens is 2. The minimum atomic E-state index is -0.548. The zero-order chi connectivity index (χ0) is 36.5. The van der Waals surface area contributed by atoms with Crippen molar-refractivity contribution in [3.8, 4) is 11.3 Å². The van der Waals surface area contributed by atoms with Gasteiger partial charge in [-0.2, -0.15) is 0 Å². The molecule has 2 aliphatic heterocycles. The number of allylic oxidation sites excluding steroid dienone is 2. The molecule has 10 nitrogen and oxygen atoms in total. The van der Waals surface area contributed by atoms with Crippen molar-refractivity contribution in [3.63, 3.8) is 0 Å². The summed E-state index contributed by atoms with van der Waals surface area (Å²) in [5.74, 6) is 1.56. The standard InChI is InChI=1S/C41H50N6O4/c1-9-28-24-30(33-25-42-36(45-33)34-12-10-20-46(34)38(48)50-40(3,4)5)18-17-29(28)22-26(2)14-15-27-16-19-31-32(23-27)44-37(43-31)35-13-11-21-47(35)39(49)51-41(6,7)8/h9,14-19,22-25,34-35H,1,10-13,20-21H2,2-8H3,(H,42,45)(H,43,44)/b15-14+,26-22+/t34-,35-/m0/s1. The van der Waals surface area contributed by atoms with Crippen LogP contribution in [-0.4, -0.2) is 66.2 Å². The van der Waals surface area contributed by atoms with E-state index in [1.165, 1.54) is 0 Å². The summed E-state index contributed by atoms with van der Waals surface area (Å²) in [6.07, 6.45) is 13.0. The maximum atomic E-state index is 12.8. The van der Waals surface area contributed by atoms with Crippen LogP contribution >= 0.6 is 0 Å². The van der Waals surface area contributed by atoms with Crippen molar-refractivity contribution >= 4 is 41.4 Å². The number of fused-ring (bicyclic) bond motifs is 1. The topological polar surface area (TPSA) is 116 Å². The van der Waals surface area contributed by atoms with Crippen LogP contribution in [0.2, 0.25) is 0 Å². The van der Waals surface area contributed by atoms with E-state index in [2.05, 4.69) is 72.0 Å². The SMILES string of the molecule is C=Cc1cc(-c2c[nH]c([C@@H]3CCCN3C(=O)OC(C)(C)C)n2)ccc1/C=C(C)/C=C/c1ccc2[nH]c([C@@H]3CCCN3C(=O)OC(C)(C)C)nc2c1. The second-order valence-corrected chi connectivity index (χ2v) is 15.5. The average molecular weight is 691 g/mol. The van der Waals surface area contributed by atoms with Gasteiger partial charge in [0.1, 0.15) is 22.9 Å². The molecule has 0 aliphatic carbocycles. The lowest BCUT2D eigenvalue weighted by Crippen LogP contribution is -2.36. The van der Waals surface area contributed by atoms with Gasteiger partial charge in [0.2, 0.25) is 0 Å². The van der Waals surface area contributed by atoms with E-state index in [4.69, 9.17) is 19.4 Å². The van der Waals surface area contributed by atoms with Crippen LogP contribution < -0.4 is 0 Å². The molecule has 51 heavy (non-hydrogen) atoms. The third-order valence-electron chi connectivity index (χ3n) is 9.04. The molecule has 2 atom stereocenters. The smallest absolute Gasteiger partial charge is 0.410 e. The van der Waals surface area contributed by atoms with Gasteiger partial charge in [0, 0.05) is 24.8 Å². The van der Waals surface area contributed by atoms with E-state index in [0.717, 1.165) is 81.9 Å². The van der Waals surface area contributed by atoms with E-state index in [1.807, 2.05) is 59.9 Å². The summed E-state index contributed by atoms with van der Waals surface area (Å²) >= 11 is 0. The number of amides is 2. The number of carbonyl (C=O) groups excluding carboxylic acids is 2. The van der Waals surface area contributed by atoms with Crippen molar-refractivity contribution in [3.05, 3.63) is 89.2 Å². The summed E-state index contributed by atoms with van der Waals surface area (Å²) in [7, 11) is 0. The fraction of sp³-hybridized carbons (Fsp3) is 0.415. The van der Waals surface area contributed by atoms with E-state index >= 15 is 0 Å². The summed E-state index contributed by atoms with van der Waals surface area (Å²) in [6, 6.07) is 12.1. The summed E-state index contributed by atoms with van der Waals surface area (Å²) < 4.78 is 11.3. The van der Waals surface area contributed by atoms with Crippen molar-refractivity contribution in [1.82, 2.24) is 29.7 Å². The normalized spacial score (nSPS) is 18.6. The van der Waals surface area contributed by atoms with Gasteiger partial charge in [-0.05, 0) is 109 Å². The Balaban J connectivity index is 1.14. The average Bonchev–Trinajstić information content (AvgIpc) is 3.87. The van der Waals surface area contributed by atoms with Gasteiger partial charge in [0.15, 0.2) is 0 Å².